The first-order chi connectivity index (χ1) is 18.5. The van der Waals surface area contributed by atoms with Gasteiger partial charge in [-0.25, -0.2) is 0 Å². The second-order valence-corrected chi connectivity index (χ2v) is 15.4. The second-order valence-electron chi connectivity index (χ2n) is 15.4. The molecule has 0 aromatic heterocycles. The molecule has 4 saturated carbocycles. The number of hydrogen-bond donors (Lipinski definition) is 0. The van der Waals surface area contributed by atoms with Gasteiger partial charge in [-0.1, -0.05) is 91.9 Å². The number of ketones is 1. The van der Waals surface area contributed by atoms with Crippen LogP contribution in [0.1, 0.15) is 169 Å². The number of Topliss-reactive ketones (excluding diaryl/α,β-unsaturated/α-hetero) is 1. The molecule has 4 aliphatic rings. The van der Waals surface area contributed by atoms with Crippen molar-refractivity contribution < 1.29 is 4.79 Å². The van der Waals surface area contributed by atoms with E-state index in [4.69, 9.17) is 0 Å². The van der Waals surface area contributed by atoms with E-state index >= 15 is 0 Å². The summed E-state index contributed by atoms with van der Waals surface area (Å²) in [5.41, 5.74) is 0. The van der Waals surface area contributed by atoms with Crippen molar-refractivity contribution in [3.05, 3.63) is 0 Å². The number of rotatable bonds is 12. The summed E-state index contributed by atoms with van der Waals surface area (Å²) in [6.07, 6.45) is 30.2. The Labute approximate surface area is 238 Å². The molecule has 0 aliphatic heterocycles. The Morgan fingerprint density at radius 2 is 0.868 bits per heavy atom. The maximum absolute atomic E-state index is 12.8. The highest BCUT2D eigenvalue weighted by Gasteiger charge is 2.36. The van der Waals surface area contributed by atoms with Gasteiger partial charge in [0.25, 0.3) is 0 Å². The lowest BCUT2D eigenvalue weighted by Gasteiger charge is -2.42. The predicted octanol–water partition coefficient (Wildman–Crippen LogP) is 11.4. The minimum atomic E-state index is 0.583. The van der Waals surface area contributed by atoms with Gasteiger partial charge in [0.2, 0.25) is 0 Å². The topological polar surface area (TPSA) is 17.1 Å². The van der Waals surface area contributed by atoms with Crippen molar-refractivity contribution in [3.8, 4) is 0 Å². The largest absolute Gasteiger partial charge is 0.300 e. The fraction of sp³-hybridized carbons (Fsp3) is 0.973. The molecule has 4 fully saturated rings. The molecule has 1 nitrogen and oxygen atoms in total. The lowest BCUT2D eigenvalue weighted by atomic mass is 9.64. The van der Waals surface area contributed by atoms with E-state index < -0.39 is 0 Å². The first-order valence-corrected chi connectivity index (χ1v) is 18.0. The van der Waals surface area contributed by atoms with Crippen LogP contribution in [0.3, 0.4) is 0 Å². The standard InChI is InChI=1S/C37H66O/c1-5-7-31-15-23-36(27(3)25-31)33-17-9-29(10-18-33)13-21-35(38)22-14-30-11-19-34(20-12-30)37-24-16-32(8-6-2)26-28(37)4/h27-34,36-37H,5-26H2,1-4H3. The molecule has 0 amide bonds. The summed E-state index contributed by atoms with van der Waals surface area (Å²) >= 11 is 0. The summed E-state index contributed by atoms with van der Waals surface area (Å²) in [5, 5.41) is 0. The highest BCUT2D eigenvalue weighted by molar-refractivity contribution is 5.78. The number of carbonyl (C=O) groups excluding carboxylic acids is 1. The van der Waals surface area contributed by atoms with E-state index in [0.29, 0.717) is 5.78 Å². The summed E-state index contributed by atoms with van der Waals surface area (Å²) in [5.74, 6) is 10.2. The van der Waals surface area contributed by atoms with Crippen molar-refractivity contribution in [1.29, 1.82) is 0 Å². The van der Waals surface area contributed by atoms with Crippen LogP contribution in [0, 0.1) is 59.2 Å². The molecule has 4 aliphatic carbocycles. The van der Waals surface area contributed by atoms with Gasteiger partial charge in [0.15, 0.2) is 0 Å². The van der Waals surface area contributed by atoms with Crippen molar-refractivity contribution in [2.45, 2.75) is 169 Å². The Balaban J connectivity index is 1.06. The van der Waals surface area contributed by atoms with Gasteiger partial charge in [0.05, 0.1) is 0 Å². The van der Waals surface area contributed by atoms with E-state index in [1.165, 1.54) is 128 Å². The van der Waals surface area contributed by atoms with Crippen molar-refractivity contribution in [3.63, 3.8) is 0 Å². The van der Waals surface area contributed by atoms with E-state index in [1.54, 1.807) is 0 Å². The first kappa shape index (κ1) is 30.6. The van der Waals surface area contributed by atoms with Crippen LogP contribution in [0.2, 0.25) is 0 Å². The zero-order valence-electron chi connectivity index (χ0n) is 26.2. The van der Waals surface area contributed by atoms with E-state index in [0.717, 1.165) is 72.0 Å². The molecule has 6 atom stereocenters. The summed E-state index contributed by atoms with van der Waals surface area (Å²) in [6.45, 7) is 9.83. The molecule has 0 radical (unpaired) electrons. The molecule has 6 unspecified atom stereocenters. The Morgan fingerprint density at radius 3 is 1.21 bits per heavy atom. The second kappa shape index (κ2) is 15.6. The van der Waals surface area contributed by atoms with E-state index in [9.17, 15) is 4.79 Å². The van der Waals surface area contributed by atoms with Crippen LogP contribution in [-0.2, 0) is 4.79 Å². The first-order valence-electron chi connectivity index (χ1n) is 18.0. The van der Waals surface area contributed by atoms with Gasteiger partial charge in [-0.3, -0.25) is 4.79 Å². The van der Waals surface area contributed by atoms with Crippen LogP contribution in [0.5, 0.6) is 0 Å². The molecule has 0 heterocycles. The van der Waals surface area contributed by atoms with Gasteiger partial charge >= 0.3 is 0 Å². The Bertz CT molecular complexity index is 610. The molecule has 0 bridgehead atoms. The van der Waals surface area contributed by atoms with E-state index in [-0.39, 0.29) is 0 Å². The summed E-state index contributed by atoms with van der Waals surface area (Å²) in [7, 11) is 0. The minimum Gasteiger partial charge on any atom is -0.300 e. The maximum atomic E-state index is 12.8. The highest BCUT2D eigenvalue weighted by Crippen LogP contribution is 2.47. The van der Waals surface area contributed by atoms with Crippen LogP contribution in [-0.4, -0.2) is 5.78 Å². The lowest BCUT2D eigenvalue weighted by Crippen LogP contribution is -2.31. The summed E-state index contributed by atoms with van der Waals surface area (Å²) in [4.78, 5) is 12.8. The van der Waals surface area contributed by atoms with Gasteiger partial charge < -0.3 is 0 Å². The average molecular weight is 527 g/mol. The van der Waals surface area contributed by atoms with Crippen molar-refractivity contribution >= 4 is 5.78 Å². The fourth-order valence-electron chi connectivity index (χ4n) is 10.5. The maximum Gasteiger partial charge on any atom is 0.132 e. The third-order valence-electron chi connectivity index (χ3n) is 12.7. The summed E-state index contributed by atoms with van der Waals surface area (Å²) < 4.78 is 0. The monoisotopic (exact) mass is 527 g/mol. The number of hydrogen-bond acceptors (Lipinski definition) is 1. The molecule has 1 heteroatoms. The highest BCUT2D eigenvalue weighted by atomic mass is 16.1. The van der Waals surface area contributed by atoms with E-state index in [1.807, 2.05) is 0 Å². The third kappa shape index (κ3) is 8.83. The van der Waals surface area contributed by atoms with Gasteiger partial charge in [-0.2, -0.15) is 0 Å². The lowest BCUT2D eigenvalue weighted by molar-refractivity contribution is -0.119. The molecule has 0 aromatic carbocycles. The van der Waals surface area contributed by atoms with Crippen LogP contribution in [0.15, 0.2) is 0 Å². The molecule has 0 N–H and O–H groups in total. The van der Waals surface area contributed by atoms with Crippen LogP contribution < -0.4 is 0 Å². The molecule has 220 valence electrons. The third-order valence-corrected chi connectivity index (χ3v) is 12.7. The van der Waals surface area contributed by atoms with Crippen LogP contribution >= 0.6 is 0 Å². The van der Waals surface area contributed by atoms with Gasteiger partial charge in [0, 0.05) is 12.8 Å². The minimum absolute atomic E-state index is 0.583. The SMILES string of the molecule is CCCC1CCC(C2CCC(CCC(=O)CCC3CCC(C4CCC(CCC)CC4C)CC3)CC2)C(C)C1. The molecule has 0 spiro atoms. The van der Waals surface area contributed by atoms with Gasteiger partial charge in [-0.05, 0) is 123 Å². The van der Waals surface area contributed by atoms with Crippen molar-refractivity contribution in [2.75, 3.05) is 0 Å². The molecule has 0 aromatic rings. The predicted molar refractivity (Wildman–Crippen MR) is 164 cm³/mol. The molecular formula is C37H66O. The van der Waals surface area contributed by atoms with Crippen molar-refractivity contribution in [2.24, 2.45) is 59.2 Å². The Hall–Kier alpha value is -0.330. The Kier molecular flexibility index (Phi) is 12.6. The molecule has 4 rings (SSSR count). The average Bonchev–Trinajstić information content (AvgIpc) is 2.92. The molecule has 0 saturated heterocycles. The number of carbonyl (C=O) groups is 1. The smallest absolute Gasteiger partial charge is 0.132 e. The fourth-order valence-corrected chi connectivity index (χ4v) is 10.5. The van der Waals surface area contributed by atoms with E-state index in [2.05, 4.69) is 27.7 Å². The zero-order chi connectivity index (χ0) is 26.9. The quantitative estimate of drug-likeness (QED) is 0.247. The van der Waals surface area contributed by atoms with Crippen molar-refractivity contribution in [1.82, 2.24) is 0 Å². The zero-order valence-corrected chi connectivity index (χ0v) is 26.2. The van der Waals surface area contributed by atoms with Gasteiger partial charge in [0.1, 0.15) is 5.78 Å². The Morgan fingerprint density at radius 1 is 0.500 bits per heavy atom. The molecular weight excluding hydrogens is 460 g/mol. The van der Waals surface area contributed by atoms with Gasteiger partial charge in [-0.15, -0.1) is 0 Å². The van der Waals surface area contributed by atoms with Crippen LogP contribution in [0.4, 0.5) is 0 Å². The molecule has 38 heavy (non-hydrogen) atoms. The van der Waals surface area contributed by atoms with Crippen LogP contribution in [0.25, 0.3) is 0 Å². The normalized spacial score (nSPS) is 40.6. The summed E-state index contributed by atoms with van der Waals surface area (Å²) in [6, 6.07) is 0.